The summed E-state index contributed by atoms with van der Waals surface area (Å²) in [7, 11) is 1.82. The summed E-state index contributed by atoms with van der Waals surface area (Å²) in [5, 5.41) is 2.72. The van der Waals surface area contributed by atoms with Crippen LogP contribution in [-0.4, -0.2) is 17.9 Å². The number of H-pyrrole nitrogens is 1. The molecule has 1 amide bonds. The van der Waals surface area contributed by atoms with Crippen LogP contribution < -0.4 is 9.72 Å². The highest BCUT2D eigenvalue weighted by atomic mass is 35.5. The van der Waals surface area contributed by atoms with E-state index in [9.17, 15) is 4.79 Å². The molecule has 5 aromatic rings. The van der Waals surface area contributed by atoms with Gasteiger partial charge in [-0.1, -0.05) is 54.1 Å². The summed E-state index contributed by atoms with van der Waals surface area (Å²) in [5.74, 6) is 0.757. The minimum Gasteiger partial charge on any atom is -0.488 e. The minimum absolute atomic E-state index is 0.0201. The van der Waals surface area contributed by atoms with E-state index in [0.717, 1.165) is 38.4 Å². The van der Waals surface area contributed by atoms with E-state index in [0.29, 0.717) is 23.7 Å². The fourth-order valence-corrected chi connectivity index (χ4v) is 5.27. The van der Waals surface area contributed by atoms with Crippen molar-refractivity contribution in [2.75, 3.05) is 7.05 Å². The molecule has 0 fully saturated rings. The van der Waals surface area contributed by atoms with Crippen molar-refractivity contribution in [2.24, 2.45) is 0 Å². The van der Waals surface area contributed by atoms with Gasteiger partial charge in [0.15, 0.2) is 12.4 Å². The zero-order chi connectivity index (χ0) is 25.6. The molecule has 184 valence electrons. The van der Waals surface area contributed by atoms with Crippen molar-refractivity contribution in [3.8, 4) is 27.3 Å². The Balaban J connectivity index is 1.37. The lowest BCUT2D eigenvalue weighted by Gasteiger charge is -2.17. The second-order valence-electron chi connectivity index (χ2n) is 8.73. The van der Waals surface area contributed by atoms with Gasteiger partial charge in [-0.2, -0.15) is 0 Å². The second kappa shape index (κ2) is 11.4. The number of nitrogens with zero attached hydrogens (tertiary/aromatic N) is 1. The first-order chi connectivity index (χ1) is 18.1. The third-order valence-electron chi connectivity index (χ3n) is 6.07. The van der Waals surface area contributed by atoms with Gasteiger partial charge in [-0.15, -0.1) is 11.3 Å². The molecule has 2 aromatic heterocycles. The molecule has 4 nitrogen and oxygen atoms in total. The highest BCUT2D eigenvalue weighted by Gasteiger charge is 2.17. The standard InChI is InChI=1S/C31H25ClN2O2S/c1-34(20-23-8-5-16-33-19-23)31(35)25-11-9-24(10-12-25)30-27(15-17-37-30)28-18-26(32)13-14-29(28)36-21-22-6-3-2-4-7-22/h2-19H,20-21H2,1H3/p+1. The van der Waals surface area contributed by atoms with Crippen molar-refractivity contribution in [1.29, 1.82) is 0 Å². The topological polar surface area (TPSA) is 43.7 Å². The summed E-state index contributed by atoms with van der Waals surface area (Å²) in [6.45, 7) is 1.01. The van der Waals surface area contributed by atoms with E-state index < -0.39 is 0 Å². The molecule has 37 heavy (non-hydrogen) atoms. The van der Waals surface area contributed by atoms with Gasteiger partial charge in [0.25, 0.3) is 5.91 Å². The van der Waals surface area contributed by atoms with E-state index in [-0.39, 0.29) is 5.91 Å². The predicted molar refractivity (Wildman–Crippen MR) is 150 cm³/mol. The minimum atomic E-state index is -0.0201. The third kappa shape index (κ3) is 5.91. The van der Waals surface area contributed by atoms with Gasteiger partial charge in [0.05, 0.1) is 6.54 Å². The molecule has 0 radical (unpaired) electrons. The maximum atomic E-state index is 13.0. The van der Waals surface area contributed by atoms with Crippen LogP contribution in [0.2, 0.25) is 5.02 Å². The lowest BCUT2D eigenvalue weighted by molar-refractivity contribution is -0.378. The molecule has 1 N–H and O–H groups in total. The zero-order valence-corrected chi connectivity index (χ0v) is 21.9. The zero-order valence-electron chi connectivity index (χ0n) is 20.4. The molecule has 0 saturated carbocycles. The number of aromatic nitrogens is 1. The molecule has 0 spiro atoms. The number of amides is 1. The molecule has 0 saturated heterocycles. The lowest BCUT2D eigenvalue weighted by Crippen LogP contribution is -2.26. The van der Waals surface area contributed by atoms with Gasteiger partial charge in [0.1, 0.15) is 12.4 Å². The van der Waals surface area contributed by atoms with Crippen molar-refractivity contribution < 1.29 is 14.5 Å². The Morgan fingerprint density at radius 3 is 2.46 bits per heavy atom. The average molecular weight is 526 g/mol. The van der Waals surface area contributed by atoms with Crippen molar-refractivity contribution in [3.05, 3.63) is 130 Å². The van der Waals surface area contributed by atoms with Gasteiger partial charge >= 0.3 is 0 Å². The number of carbonyl (C=O) groups is 1. The Hall–Kier alpha value is -3.93. The number of benzene rings is 3. The molecule has 6 heteroatoms. The molecule has 0 atom stereocenters. The molecular weight excluding hydrogens is 500 g/mol. The molecule has 0 bridgehead atoms. The predicted octanol–water partition coefficient (Wildman–Crippen LogP) is 7.40. The number of ether oxygens (including phenoxy) is 1. The van der Waals surface area contributed by atoms with Crippen molar-refractivity contribution in [2.45, 2.75) is 13.2 Å². The van der Waals surface area contributed by atoms with Crippen LogP contribution in [0.5, 0.6) is 5.75 Å². The van der Waals surface area contributed by atoms with E-state index in [1.54, 1.807) is 16.2 Å². The Labute approximate surface area is 225 Å². The molecular formula is C31H26ClN2O2S+. The van der Waals surface area contributed by atoms with Crippen LogP contribution in [0, 0.1) is 0 Å². The normalized spacial score (nSPS) is 10.8. The Kier molecular flexibility index (Phi) is 7.64. The van der Waals surface area contributed by atoms with E-state index in [2.05, 4.69) is 16.4 Å². The summed E-state index contributed by atoms with van der Waals surface area (Å²) in [5.41, 5.74) is 5.83. The second-order valence-corrected chi connectivity index (χ2v) is 10.1. The van der Waals surface area contributed by atoms with Gasteiger partial charge in [0, 0.05) is 45.3 Å². The molecule has 0 aliphatic carbocycles. The quantitative estimate of drug-likeness (QED) is 0.212. The fraction of sp³-hybridized carbons (Fsp3) is 0.0968. The molecule has 2 heterocycles. The van der Waals surface area contributed by atoms with Crippen LogP contribution in [0.15, 0.2) is 109 Å². The van der Waals surface area contributed by atoms with Gasteiger partial charge in [-0.25, -0.2) is 4.98 Å². The molecule has 5 rings (SSSR count). The van der Waals surface area contributed by atoms with Gasteiger partial charge < -0.3 is 9.64 Å². The summed E-state index contributed by atoms with van der Waals surface area (Å²) >= 11 is 8.05. The first-order valence-electron chi connectivity index (χ1n) is 11.9. The Bertz CT molecular complexity index is 1490. The smallest absolute Gasteiger partial charge is 0.253 e. The van der Waals surface area contributed by atoms with Crippen LogP contribution in [0.4, 0.5) is 0 Å². The number of halogens is 1. The van der Waals surface area contributed by atoms with Crippen LogP contribution in [0.25, 0.3) is 21.6 Å². The van der Waals surface area contributed by atoms with E-state index >= 15 is 0 Å². The van der Waals surface area contributed by atoms with Crippen molar-refractivity contribution in [1.82, 2.24) is 4.90 Å². The molecule has 0 aliphatic rings. The number of hydrogen-bond acceptors (Lipinski definition) is 3. The Morgan fingerprint density at radius 1 is 0.919 bits per heavy atom. The van der Waals surface area contributed by atoms with E-state index in [1.165, 1.54) is 0 Å². The van der Waals surface area contributed by atoms with Crippen LogP contribution in [0.1, 0.15) is 21.5 Å². The highest BCUT2D eigenvalue weighted by molar-refractivity contribution is 7.14. The maximum Gasteiger partial charge on any atom is 0.253 e. The number of thiophene rings is 1. The monoisotopic (exact) mass is 525 g/mol. The van der Waals surface area contributed by atoms with Crippen LogP contribution >= 0.6 is 22.9 Å². The van der Waals surface area contributed by atoms with Crippen LogP contribution in [-0.2, 0) is 13.2 Å². The largest absolute Gasteiger partial charge is 0.488 e. The number of carbonyl (C=O) groups excluding carboxylic acids is 1. The maximum absolute atomic E-state index is 13.0. The SMILES string of the molecule is CN(Cc1ccc[nH+]c1)C(=O)c1ccc(-c2sccc2-c2cc(Cl)ccc2OCc2ccccc2)cc1. The molecule has 0 unspecified atom stereocenters. The van der Waals surface area contributed by atoms with Crippen molar-refractivity contribution in [3.63, 3.8) is 0 Å². The van der Waals surface area contributed by atoms with Crippen LogP contribution in [0.3, 0.4) is 0 Å². The van der Waals surface area contributed by atoms with E-state index in [4.69, 9.17) is 16.3 Å². The van der Waals surface area contributed by atoms with Crippen molar-refractivity contribution >= 4 is 28.8 Å². The Morgan fingerprint density at radius 2 is 1.70 bits per heavy atom. The first kappa shape index (κ1) is 24.8. The summed E-state index contributed by atoms with van der Waals surface area (Å²) in [6.07, 6.45) is 3.75. The number of hydrogen-bond donors (Lipinski definition) is 0. The molecule has 3 aromatic carbocycles. The summed E-state index contributed by atoms with van der Waals surface area (Å²) in [4.78, 5) is 18.9. The number of rotatable bonds is 8. The first-order valence-corrected chi connectivity index (χ1v) is 13.2. The molecule has 0 aliphatic heterocycles. The van der Waals surface area contributed by atoms with Gasteiger partial charge in [-0.3, -0.25) is 4.79 Å². The van der Waals surface area contributed by atoms with E-state index in [1.807, 2.05) is 104 Å². The number of pyridine rings is 1. The number of nitrogens with one attached hydrogen (secondary N) is 1. The summed E-state index contributed by atoms with van der Waals surface area (Å²) in [6, 6.07) is 29.6. The lowest BCUT2D eigenvalue weighted by atomic mass is 10.0. The average Bonchev–Trinajstić information content (AvgIpc) is 3.43. The number of aromatic amines is 1. The highest BCUT2D eigenvalue weighted by Crippen LogP contribution is 2.42. The summed E-state index contributed by atoms with van der Waals surface area (Å²) < 4.78 is 6.21. The fourth-order valence-electron chi connectivity index (χ4n) is 4.18. The van der Waals surface area contributed by atoms with Gasteiger partial charge in [0.2, 0.25) is 0 Å². The third-order valence-corrected chi connectivity index (χ3v) is 7.26. The van der Waals surface area contributed by atoms with Gasteiger partial charge in [-0.05, 0) is 59.0 Å².